The monoisotopic (exact) mass is 175 g/mol. The van der Waals surface area contributed by atoms with Crippen LogP contribution < -0.4 is 5.32 Å². The Hall–Kier alpha value is -1.31. The Balaban J connectivity index is 2.35. The van der Waals surface area contributed by atoms with E-state index in [0.29, 0.717) is 0 Å². The molecule has 0 unspecified atom stereocenters. The predicted molar refractivity (Wildman–Crippen MR) is 52.6 cm³/mol. The number of carbonyl (C=O) groups excluding carboxylic acids is 1. The summed E-state index contributed by atoms with van der Waals surface area (Å²) in [5, 5.41) is 2.93. The van der Waals surface area contributed by atoms with Crippen molar-refractivity contribution >= 4 is 11.6 Å². The molecule has 1 aliphatic rings. The number of carbonyl (C=O) groups is 1. The van der Waals surface area contributed by atoms with Crippen LogP contribution in [0.2, 0.25) is 0 Å². The van der Waals surface area contributed by atoms with Crippen molar-refractivity contribution in [3.63, 3.8) is 0 Å². The second-order valence-electron chi connectivity index (χ2n) is 3.59. The first-order chi connectivity index (χ1) is 6.27. The number of para-hydroxylation sites is 1. The predicted octanol–water partition coefficient (Wildman–Crippen LogP) is 2.21. The fraction of sp³-hybridized carbons (Fsp3) is 0.364. The summed E-state index contributed by atoms with van der Waals surface area (Å²) < 4.78 is 0. The number of rotatable bonds is 0. The van der Waals surface area contributed by atoms with E-state index in [0.717, 1.165) is 18.5 Å². The molecule has 2 nitrogen and oxygen atoms in total. The molecule has 0 aromatic heterocycles. The average molecular weight is 175 g/mol. The first kappa shape index (κ1) is 8.30. The molecule has 0 spiro atoms. The van der Waals surface area contributed by atoms with Gasteiger partial charge in [0.1, 0.15) is 0 Å². The van der Waals surface area contributed by atoms with Crippen LogP contribution in [0.3, 0.4) is 0 Å². The molecule has 2 rings (SSSR count). The zero-order valence-electron chi connectivity index (χ0n) is 7.71. The van der Waals surface area contributed by atoms with E-state index >= 15 is 0 Å². The van der Waals surface area contributed by atoms with Gasteiger partial charge in [0.25, 0.3) is 0 Å². The van der Waals surface area contributed by atoms with E-state index in [4.69, 9.17) is 0 Å². The SMILES string of the molecule is C[C@H]1CCc2ccccc2NC1=O. The van der Waals surface area contributed by atoms with Gasteiger partial charge in [0.05, 0.1) is 0 Å². The van der Waals surface area contributed by atoms with Crippen molar-refractivity contribution in [1.82, 2.24) is 0 Å². The summed E-state index contributed by atoms with van der Waals surface area (Å²) in [7, 11) is 0. The molecule has 68 valence electrons. The molecule has 0 bridgehead atoms. The molecule has 1 atom stereocenters. The molecular weight excluding hydrogens is 162 g/mol. The molecular formula is C11H13NO. The third kappa shape index (κ3) is 1.57. The van der Waals surface area contributed by atoms with Gasteiger partial charge in [-0.2, -0.15) is 0 Å². The minimum absolute atomic E-state index is 0.132. The lowest BCUT2D eigenvalue weighted by Crippen LogP contribution is -2.18. The van der Waals surface area contributed by atoms with Crippen LogP contribution in [-0.2, 0) is 11.2 Å². The maximum atomic E-state index is 11.5. The number of fused-ring (bicyclic) bond motifs is 1. The Morgan fingerprint density at radius 2 is 2.15 bits per heavy atom. The maximum absolute atomic E-state index is 11.5. The molecule has 1 amide bonds. The highest BCUT2D eigenvalue weighted by Gasteiger charge is 2.18. The summed E-state index contributed by atoms with van der Waals surface area (Å²) in [5.41, 5.74) is 2.23. The highest BCUT2D eigenvalue weighted by atomic mass is 16.1. The smallest absolute Gasteiger partial charge is 0.227 e. The molecule has 1 aliphatic heterocycles. The van der Waals surface area contributed by atoms with E-state index in [1.807, 2.05) is 25.1 Å². The largest absolute Gasteiger partial charge is 0.326 e. The lowest BCUT2D eigenvalue weighted by atomic mass is 10.0. The number of nitrogens with one attached hydrogen (secondary N) is 1. The van der Waals surface area contributed by atoms with Crippen molar-refractivity contribution in [2.24, 2.45) is 5.92 Å². The Morgan fingerprint density at radius 3 is 3.00 bits per heavy atom. The van der Waals surface area contributed by atoms with Crippen molar-refractivity contribution in [2.75, 3.05) is 5.32 Å². The van der Waals surface area contributed by atoms with Gasteiger partial charge in [-0.25, -0.2) is 0 Å². The van der Waals surface area contributed by atoms with Gasteiger partial charge in [0.2, 0.25) is 5.91 Å². The van der Waals surface area contributed by atoms with E-state index in [1.165, 1.54) is 5.56 Å². The number of benzene rings is 1. The highest BCUT2D eigenvalue weighted by molar-refractivity contribution is 5.93. The van der Waals surface area contributed by atoms with Gasteiger partial charge < -0.3 is 5.32 Å². The maximum Gasteiger partial charge on any atom is 0.227 e. The quantitative estimate of drug-likeness (QED) is 0.643. The molecule has 2 heteroatoms. The molecule has 1 N–H and O–H groups in total. The minimum atomic E-state index is 0.132. The van der Waals surface area contributed by atoms with Crippen LogP contribution >= 0.6 is 0 Å². The number of hydrogen-bond donors (Lipinski definition) is 1. The summed E-state index contributed by atoms with van der Waals surface area (Å²) in [6.45, 7) is 1.97. The third-order valence-corrected chi connectivity index (χ3v) is 2.57. The molecule has 0 radical (unpaired) electrons. The zero-order chi connectivity index (χ0) is 9.26. The third-order valence-electron chi connectivity index (χ3n) is 2.57. The average Bonchev–Trinajstić information content (AvgIpc) is 2.28. The fourth-order valence-corrected chi connectivity index (χ4v) is 1.62. The summed E-state index contributed by atoms with van der Waals surface area (Å²) in [4.78, 5) is 11.5. The number of aryl methyl sites for hydroxylation is 1. The summed E-state index contributed by atoms with van der Waals surface area (Å²) in [6.07, 6.45) is 1.94. The fourth-order valence-electron chi connectivity index (χ4n) is 1.62. The second kappa shape index (κ2) is 3.21. The van der Waals surface area contributed by atoms with Gasteiger partial charge in [0.15, 0.2) is 0 Å². The molecule has 0 saturated carbocycles. The van der Waals surface area contributed by atoms with Crippen molar-refractivity contribution in [3.05, 3.63) is 29.8 Å². The number of anilines is 1. The molecule has 0 aliphatic carbocycles. The Kier molecular flexibility index (Phi) is 2.05. The van der Waals surface area contributed by atoms with Crippen molar-refractivity contribution < 1.29 is 4.79 Å². The van der Waals surface area contributed by atoms with E-state index in [1.54, 1.807) is 0 Å². The number of amides is 1. The molecule has 13 heavy (non-hydrogen) atoms. The van der Waals surface area contributed by atoms with Crippen molar-refractivity contribution in [1.29, 1.82) is 0 Å². The van der Waals surface area contributed by atoms with Gasteiger partial charge in [-0.1, -0.05) is 25.1 Å². The van der Waals surface area contributed by atoms with Gasteiger partial charge >= 0.3 is 0 Å². The van der Waals surface area contributed by atoms with Crippen LogP contribution in [0, 0.1) is 5.92 Å². The molecule has 1 heterocycles. The van der Waals surface area contributed by atoms with Crippen LogP contribution in [0.25, 0.3) is 0 Å². The topological polar surface area (TPSA) is 29.1 Å². The molecule has 1 aromatic carbocycles. The second-order valence-corrected chi connectivity index (χ2v) is 3.59. The standard InChI is InChI=1S/C11H13NO/c1-8-6-7-9-4-2-3-5-10(9)12-11(8)13/h2-5,8H,6-7H2,1H3,(H,12,13)/t8-/m0/s1. The van der Waals surface area contributed by atoms with Gasteiger partial charge in [-0.3, -0.25) is 4.79 Å². The van der Waals surface area contributed by atoms with Crippen LogP contribution in [-0.4, -0.2) is 5.91 Å². The van der Waals surface area contributed by atoms with E-state index < -0.39 is 0 Å². The van der Waals surface area contributed by atoms with Crippen LogP contribution in [0.5, 0.6) is 0 Å². The van der Waals surface area contributed by atoms with Gasteiger partial charge in [-0.15, -0.1) is 0 Å². The lowest BCUT2D eigenvalue weighted by Gasteiger charge is -2.06. The minimum Gasteiger partial charge on any atom is -0.326 e. The first-order valence-electron chi connectivity index (χ1n) is 4.66. The van der Waals surface area contributed by atoms with E-state index in [9.17, 15) is 4.79 Å². The number of hydrogen-bond acceptors (Lipinski definition) is 1. The normalized spacial score (nSPS) is 21.6. The van der Waals surface area contributed by atoms with Crippen LogP contribution in [0.4, 0.5) is 5.69 Å². The van der Waals surface area contributed by atoms with Crippen LogP contribution in [0.15, 0.2) is 24.3 Å². The zero-order valence-corrected chi connectivity index (χ0v) is 7.71. The summed E-state index contributed by atoms with van der Waals surface area (Å²) in [6, 6.07) is 8.01. The van der Waals surface area contributed by atoms with Gasteiger partial charge in [-0.05, 0) is 24.5 Å². The summed E-state index contributed by atoms with van der Waals surface area (Å²) in [5.74, 6) is 0.275. The lowest BCUT2D eigenvalue weighted by molar-refractivity contribution is -0.119. The highest BCUT2D eigenvalue weighted by Crippen LogP contribution is 2.23. The van der Waals surface area contributed by atoms with Crippen LogP contribution in [0.1, 0.15) is 18.9 Å². The van der Waals surface area contributed by atoms with Gasteiger partial charge in [0, 0.05) is 11.6 Å². The first-order valence-corrected chi connectivity index (χ1v) is 4.66. The Bertz CT molecular complexity index is 333. The molecule has 0 saturated heterocycles. The Morgan fingerprint density at radius 1 is 1.38 bits per heavy atom. The molecule has 0 fully saturated rings. The summed E-state index contributed by atoms with van der Waals surface area (Å²) >= 11 is 0. The van der Waals surface area contributed by atoms with Crippen molar-refractivity contribution in [2.45, 2.75) is 19.8 Å². The Labute approximate surface area is 78.0 Å². The van der Waals surface area contributed by atoms with Crippen molar-refractivity contribution in [3.8, 4) is 0 Å². The van der Waals surface area contributed by atoms with E-state index in [-0.39, 0.29) is 11.8 Å². The van der Waals surface area contributed by atoms with E-state index in [2.05, 4.69) is 11.4 Å². The molecule has 1 aromatic rings.